The normalized spacial score (nSPS) is 10.9. The number of hydrogen-bond acceptors (Lipinski definition) is 2. The van der Waals surface area contributed by atoms with Crippen molar-refractivity contribution in [2.75, 3.05) is 7.05 Å². The zero-order valence-electron chi connectivity index (χ0n) is 14.4. The predicted octanol–water partition coefficient (Wildman–Crippen LogP) is 3.49. The van der Waals surface area contributed by atoms with Crippen LogP contribution in [0, 0.1) is 5.82 Å². The van der Waals surface area contributed by atoms with E-state index in [4.69, 9.17) is 0 Å². The summed E-state index contributed by atoms with van der Waals surface area (Å²) in [6.45, 7) is 1.13. The highest BCUT2D eigenvalue weighted by Crippen LogP contribution is 2.09. The summed E-state index contributed by atoms with van der Waals surface area (Å²) >= 11 is 0. The highest BCUT2D eigenvalue weighted by Gasteiger charge is 2.02. The Labute approximate surface area is 169 Å². The molecule has 3 aromatic rings. The molecule has 26 heavy (non-hydrogen) atoms. The summed E-state index contributed by atoms with van der Waals surface area (Å²) in [5.41, 5.74) is 2.98. The maximum absolute atomic E-state index is 13.2. The first-order valence-electron chi connectivity index (χ1n) is 8.02. The number of halogens is 2. The first kappa shape index (κ1) is 19.9. The lowest BCUT2D eigenvalue weighted by atomic mass is 10.2. The van der Waals surface area contributed by atoms with Gasteiger partial charge in [0.1, 0.15) is 5.82 Å². The average Bonchev–Trinajstić information content (AvgIpc) is 3.17. The molecule has 0 aliphatic rings. The van der Waals surface area contributed by atoms with E-state index >= 15 is 0 Å². The smallest absolute Gasteiger partial charge is 0.191 e. The number of hydrogen-bond donors (Lipinski definition) is 2. The van der Waals surface area contributed by atoms with Crippen molar-refractivity contribution in [3.8, 4) is 5.69 Å². The Hall–Kier alpha value is -2.42. The topological polar surface area (TPSA) is 54.2 Å². The molecule has 2 N–H and O–H groups in total. The molecule has 0 bridgehead atoms. The zero-order chi connectivity index (χ0) is 17.5. The zero-order valence-corrected chi connectivity index (χ0v) is 16.7. The van der Waals surface area contributed by atoms with Gasteiger partial charge >= 0.3 is 0 Å². The van der Waals surface area contributed by atoms with E-state index in [0.29, 0.717) is 19.0 Å². The van der Waals surface area contributed by atoms with Crippen molar-refractivity contribution in [2.24, 2.45) is 4.99 Å². The molecular weight excluding hydrogens is 444 g/mol. The Kier molecular flexibility index (Phi) is 7.58. The third-order valence-electron chi connectivity index (χ3n) is 3.71. The summed E-state index contributed by atoms with van der Waals surface area (Å²) in [6.07, 6.45) is 3.66. The molecule has 0 aliphatic carbocycles. The van der Waals surface area contributed by atoms with Crippen molar-refractivity contribution < 1.29 is 4.39 Å². The van der Waals surface area contributed by atoms with E-state index in [1.807, 2.05) is 41.2 Å². The number of rotatable bonds is 5. The largest absolute Gasteiger partial charge is 0.352 e. The van der Waals surface area contributed by atoms with Crippen LogP contribution in [0.5, 0.6) is 0 Å². The monoisotopic (exact) mass is 465 g/mol. The SMILES string of the molecule is CN=C(NCc1cccc(F)c1)NCc1cccc(-n2cccn2)c1.I. The van der Waals surface area contributed by atoms with Crippen molar-refractivity contribution in [3.05, 3.63) is 83.9 Å². The fraction of sp³-hybridized carbons (Fsp3) is 0.158. The summed E-state index contributed by atoms with van der Waals surface area (Å²) in [5, 5.41) is 10.7. The van der Waals surface area contributed by atoms with Crippen LogP contribution in [0.2, 0.25) is 0 Å². The number of aromatic nitrogens is 2. The Morgan fingerprint density at radius 2 is 1.73 bits per heavy atom. The van der Waals surface area contributed by atoms with Crippen LogP contribution in [-0.2, 0) is 13.1 Å². The summed E-state index contributed by atoms with van der Waals surface area (Å²) in [4.78, 5) is 4.20. The molecule has 0 saturated carbocycles. The molecule has 0 saturated heterocycles. The van der Waals surface area contributed by atoms with Crippen LogP contribution in [0.15, 0.2) is 72.0 Å². The first-order valence-corrected chi connectivity index (χ1v) is 8.02. The van der Waals surface area contributed by atoms with Crippen LogP contribution in [0.25, 0.3) is 5.69 Å². The highest BCUT2D eigenvalue weighted by atomic mass is 127. The molecule has 0 spiro atoms. The predicted molar refractivity (Wildman–Crippen MR) is 112 cm³/mol. The van der Waals surface area contributed by atoms with E-state index in [1.54, 1.807) is 19.3 Å². The first-order chi connectivity index (χ1) is 12.2. The van der Waals surface area contributed by atoms with Gasteiger partial charge < -0.3 is 10.6 Å². The van der Waals surface area contributed by atoms with Crippen molar-refractivity contribution in [1.82, 2.24) is 20.4 Å². The fourth-order valence-electron chi connectivity index (χ4n) is 2.47. The molecule has 0 unspecified atom stereocenters. The van der Waals surface area contributed by atoms with Gasteiger partial charge in [0.2, 0.25) is 0 Å². The van der Waals surface area contributed by atoms with Crippen LogP contribution in [-0.4, -0.2) is 22.8 Å². The lowest BCUT2D eigenvalue weighted by Gasteiger charge is -2.13. The summed E-state index contributed by atoms with van der Waals surface area (Å²) in [5.74, 6) is 0.423. The number of aliphatic imine (C=N–C) groups is 1. The molecule has 5 nitrogen and oxygen atoms in total. The molecule has 0 radical (unpaired) electrons. The van der Waals surface area contributed by atoms with Crippen molar-refractivity contribution >= 4 is 29.9 Å². The number of nitrogens with one attached hydrogen (secondary N) is 2. The molecule has 136 valence electrons. The quantitative estimate of drug-likeness (QED) is 0.345. The van der Waals surface area contributed by atoms with Gasteiger partial charge in [0.25, 0.3) is 0 Å². The second kappa shape index (κ2) is 9.91. The minimum Gasteiger partial charge on any atom is -0.352 e. The lowest BCUT2D eigenvalue weighted by molar-refractivity contribution is 0.624. The molecule has 7 heteroatoms. The third-order valence-corrected chi connectivity index (χ3v) is 3.71. The van der Waals surface area contributed by atoms with Crippen molar-refractivity contribution in [3.63, 3.8) is 0 Å². The average molecular weight is 465 g/mol. The van der Waals surface area contributed by atoms with E-state index in [0.717, 1.165) is 16.8 Å². The van der Waals surface area contributed by atoms with Gasteiger partial charge in [-0.3, -0.25) is 4.99 Å². The molecule has 3 rings (SSSR count). The van der Waals surface area contributed by atoms with Crippen LogP contribution in [0.4, 0.5) is 4.39 Å². The molecule has 2 aromatic carbocycles. The van der Waals surface area contributed by atoms with E-state index < -0.39 is 0 Å². The van der Waals surface area contributed by atoms with Crippen LogP contribution >= 0.6 is 24.0 Å². The summed E-state index contributed by atoms with van der Waals surface area (Å²) < 4.78 is 15.0. The molecular formula is C19H21FIN5. The number of guanidine groups is 1. The lowest BCUT2D eigenvalue weighted by Crippen LogP contribution is -2.36. The van der Waals surface area contributed by atoms with Gasteiger partial charge in [-0.25, -0.2) is 9.07 Å². The van der Waals surface area contributed by atoms with Gasteiger partial charge in [0.15, 0.2) is 5.96 Å². The van der Waals surface area contributed by atoms with Gasteiger partial charge in [0, 0.05) is 32.5 Å². The second-order valence-corrected chi connectivity index (χ2v) is 5.53. The minimum atomic E-state index is -0.238. The Bertz CT molecular complexity index is 849. The van der Waals surface area contributed by atoms with E-state index in [-0.39, 0.29) is 29.8 Å². The van der Waals surface area contributed by atoms with Crippen LogP contribution < -0.4 is 10.6 Å². The Balaban J connectivity index is 0.00000243. The van der Waals surface area contributed by atoms with Gasteiger partial charge in [-0.15, -0.1) is 24.0 Å². The van der Waals surface area contributed by atoms with Gasteiger partial charge in [-0.05, 0) is 41.5 Å². The van der Waals surface area contributed by atoms with Gasteiger partial charge in [-0.1, -0.05) is 24.3 Å². The van der Waals surface area contributed by atoms with Crippen molar-refractivity contribution in [1.29, 1.82) is 0 Å². The molecule has 0 aliphatic heterocycles. The molecule has 0 atom stereocenters. The maximum atomic E-state index is 13.2. The van der Waals surface area contributed by atoms with E-state index in [1.165, 1.54) is 12.1 Å². The number of nitrogens with zero attached hydrogens (tertiary/aromatic N) is 3. The minimum absolute atomic E-state index is 0. The van der Waals surface area contributed by atoms with Crippen LogP contribution in [0.3, 0.4) is 0 Å². The fourth-order valence-corrected chi connectivity index (χ4v) is 2.47. The highest BCUT2D eigenvalue weighted by molar-refractivity contribution is 14.0. The second-order valence-electron chi connectivity index (χ2n) is 5.53. The Morgan fingerprint density at radius 3 is 2.35 bits per heavy atom. The van der Waals surface area contributed by atoms with E-state index in [2.05, 4.69) is 26.8 Å². The molecule has 1 aromatic heterocycles. The summed E-state index contributed by atoms with van der Waals surface area (Å²) in [6, 6.07) is 16.5. The van der Waals surface area contributed by atoms with Crippen molar-refractivity contribution in [2.45, 2.75) is 13.1 Å². The number of benzene rings is 2. The Morgan fingerprint density at radius 1 is 1.04 bits per heavy atom. The van der Waals surface area contributed by atoms with E-state index in [9.17, 15) is 4.39 Å². The van der Waals surface area contributed by atoms with Crippen LogP contribution in [0.1, 0.15) is 11.1 Å². The van der Waals surface area contributed by atoms with Gasteiger partial charge in [0.05, 0.1) is 5.69 Å². The molecule has 0 fully saturated rings. The maximum Gasteiger partial charge on any atom is 0.191 e. The summed E-state index contributed by atoms with van der Waals surface area (Å²) in [7, 11) is 1.71. The third kappa shape index (κ3) is 5.55. The standard InChI is InChI=1S/C19H20FN5.HI/c1-21-19(22-13-15-5-2-7-17(20)11-15)23-14-16-6-3-8-18(12-16)25-10-4-9-24-25;/h2-12H,13-14H2,1H3,(H2,21,22,23);1H. The molecule has 0 amide bonds. The molecule has 1 heterocycles. The van der Waals surface area contributed by atoms with Gasteiger partial charge in [-0.2, -0.15) is 5.10 Å².